The van der Waals surface area contributed by atoms with Gasteiger partial charge in [0.15, 0.2) is 0 Å². The third-order valence-electron chi connectivity index (χ3n) is 8.29. The van der Waals surface area contributed by atoms with Crippen LogP contribution in [0.1, 0.15) is 63.4 Å². The lowest BCUT2D eigenvalue weighted by molar-refractivity contribution is -0.137. The van der Waals surface area contributed by atoms with Gasteiger partial charge in [-0.05, 0) is 31.4 Å². The molecule has 3 amide bonds. The normalized spacial score (nSPS) is 16.9. The van der Waals surface area contributed by atoms with E-state index >= 15 is 0 Å². The minimum absolute atomic E-state index is 0.0730. The van der Waals surface area contributed by atoms with Crippen molar-refractivity contribution >= 4 is 17.7 Å². The van der Waals surface area contributed by atoms with Crippen LogP contribution >= 0.6 is 0 Å². The number of nitrogens with one attached hydrogen (secondary N) is 2. The van der Waals surface area contributed by atoms with Gasteiger partial charge in [0.05, 0.1) is 18.1 Å². The fourth-order valence-corrected chi connectivity index (χ4v) is 5.50. The van der Waals surface area contributed by atoms with Crippen LogP contribution in [0.15, 0.2) is 30.3 Å². The van der Waals surface area contributed by atoms with Crippen LogP contribution in [0, 0.1) is 36.5 Å². The van der Waals surface area contributed by atoms with Gasteiger partial charge >= 0.3 is 0 Å². The number of amides is 3. The van der Waals surface area contributed by atoms with Crippen molar-refractivity contribution in [2.45, 2.75) is 88.5 Å². The Labute approximate surface area is 262 Å². The Balaban J connectivity index is 2.20. The second-order valence-electron chi connectivity index (χ2n) is 11.9. The Morgan fingerprint density at radius 1 is 0.977 bits per heavy atom. The molecule has 0 bridgehead atoms. The smallest absolute Gasteiger partial charge is 0.243 e. The number of likely N-dealkylation sites (N-methyl/N-ethyl adjacent to an activating group) is 2. The average molecular weight is 613 g/mol. The molecule has 1 aromatic carbocycles. The molecule has 1 fully saturated rings. The first-order chi connectivity index (χ1) is 21.1. The first-order valence-electron chi connectivity index (χ1n) is 15.5. The van der Waals surface area contributed by atoms with Crippen molar-refractivity contribution in [3.63, 3.8) is 0 Å². The lowest BCUT2D eigenvalue weighted by atomic mass is 9.82. The molecule has 4 N–H and O–H groups in total. The molecule has 5 atom stereocenters. The molecule has 1 aliphatic carbocycles. The van der Waals surface area contributed by atoms with E-state index in [4.69, 9.17) is 12.8 Å². The van der Waals surface area contributed by atoms with E-state index in [0.29, 0.717) is 13.0 Å². The third-order valence-corrected chi connectivity index (χ3v) is 8.29. The molecule has 0 saturated heterocycles. The van der Waals surface area contributed by atoms with Gasteiger partial charge in [0, 0.05) is 39.4 Å². The van der Waals surface area contributed by atoms with Gasteiger partial charge in [0.2, 0.25) is 17.7 Å². The number of carbonyl (C=O) groups excluding carboxylic acids is 3. The zero-order valence-corrected chi connectivity index (χ0v) is 26.1. The van der Waals surface area contributed by atoms with Gasteiger partial charge in [-0.1, -0.05) is 62.4 Å². The van der Waals surface area contributed by atoms with Crippen molar-refractivity contribution in [3.05, 3.63) is 35.9 Å². The number of alkyl halides is 1. The summed E-state index contributed by atoms with van der Waals surface area (Å²) < 4.78 is 12.8. The quantitative estimate of drug-likeness (QED) is 0.149. The number of carbonyl (C=O) groups is 3. The largest absolute Gasteiger partial charge is 0.389 e. The van der Waals surface area contributed by atoms with Crippen LogP contribution in [0.25, 0.3) is 0 Å². The Kier molecular flexibility index (Phi) is 16.5. The van der Waals surface area contributed by atoms with E-state index in [-0.39, 0.29) is 44.1 Å². The molecule has 10 heteroatoms. The fourth-order valence-electron chi connectivity index (χ4n) is 5.50. The number of hydrogen-bond donors (Lipinski definition) is 4. The SMILES string of the molecule is C#CCC(O)C(O)C(CC1CCCCC1)NC(=O)[C@H](CC#C)NC(=O)C(CC(=O)N(C)CCN(C)CF)Cc1ccccc1. The predicted octanol–water partition coefficient (Wildman–Crippen LogP) is 2.26. The van der Waals surface area contributed by atoms with Gasteiger partial charge in [-0.15, -0.1) is 24.7 Å². The third kappa shape index (κ3) is 12.7. The molecule has 242 valence electrons. The first kappa shape index (κ1) is 36.8. The van der Waals surface area contributed by atoms with Crippen molar-refractivity contribution < 1.29 is 29.0 Å². The van der Waals surface area contributed by atoms with Gasteiger partial charge in [-0.2, -0.15) is 0 Å². The molecule has 9 nitrogen and oxygen atoms in total. The summed E-state index contributed by atoms with van der Waals surface area (Å²) in [5.41, 5.74) is 0.844. The highest BCUT2D eigenvalue weighted by Gasteiger charge is 2.33. The highest BCUT2D eigenvalue weighted by atomic mass is 19.1. The molecule has 0 radical (unpaired) electrons. The zero-order chi connectivity index (χ0) is 32.5. The van der Waals surface area contributed by atoms with Crippen molar-refractivity contribution in [1.29, 1.82) is 0 Å². The topological polar surface area (TPSA) is 122 Å². The number of terminal acetylenes is 2. The summed E-state index contributed by atoms with van der Waals surface area (Å²) in [4.78, 5) is 43.1. The maximum atomic E-state index is 13.6. The Bertz CT molecular complexity index is 1110. The molecule has 0 heterocycles. The summed E-state index contributed by atoms with van der Waals surface area (Å²) >= 11 is 0. The number of nitrogens with zero attached hydrogens (tertiary/aromatic N) is 2. The lowest BCUT2D eigenvalue weighted by Gasteiger charge is -2.33. The molecule has 1 aromatic rings. The van der Waals surface area contributed by atoms with E-state index in [0.717, 1.165) is 37.7 Å². The van der Waals surface area contributed by atoms with E-state index in [2.05, 4.69) is 22.5 Å². The Morgan fingerprint density at radius 3 is 2.25 bits per heavy atom. The van der Waals surface area contributed by atoms with Gasteiger partial charge in [0.1, 0.15) is 18.9 Å². The highest BCUT2D eigenvalue weighted by Crippen LogP contribution is 2.28. The van der Waals surface area contributed by atoms with Crippen molar-refractivity contribution in [2.75, 3.05) is 34.0 Å². The molecule has 44 heavy (non-hydrogen) atoms. The monoisotopic (exact) mass is 612 g/mol. The molecular formula is C34H49FN4O5. The van der Waals surface area contributed by atoms with Gasteiger partial charge < -0.3 is 25.7 Å². The number of hydrogen-bond acceptors (Lipinski definition) is 6. The molecule has 1 aliphatic rings. The van der Waals surface area contributed by atoms with E-state index < -0.39 is 48.8 Å². The number of aliphatic hydroxyl groups excluding tert-OH is 2. The Hall–Kier alpha value is -3.44. The van der Waals surface area contributed by atoms with Crippen LogP contribution in [0.3, 0.4) is 0 Å². The molecular weight excluding hydrogens is 563 g/mol. The summed E-state index contributed by atoms with van der Waals surface area (Å²) in [6.45, 7) is -0.0129. The molecule has 1 saturated carbocycles. The second-order valence-corrected chi connectivity index (χ2v) is 11.9. The number of benzene rings is 1. The number of rotatable bonds is 18. The van der Waals surface area contributed by atoms with Crippen molar-refractivity contribution in [2.24, 2.45) is 11.8 Å². The molecule has 0 aliphatic heterocycles. The van der Waals surface area contributed by atoms with Gasteiger partial charge in [-0.3, -0.25) is 19.3 Å². The summed E-state index contributed by atoms with van der Waals surface area (Å²) in [6, 6.07) is 7.33. The van der Waals surface area contributed by atoms with Crippen LogP contribution in [-0.4, -0.2) is 96.0 Å². The summed E-state index contributed by atoms with van der Waals surface area (Å²) in [7, 11) is 3.21. The van der Waals surface area contributed by atoms with Crippen LogP contribution < -0.4 is 10.6 Å². The maximum Gasteiger partial charge on any atom is 0.243 e. The summed E-state index contributed by atoms with van der Waals surface area (Å²) in [6.07, 6.45) is 14.0. The fraction of sp³-hybridized carbons (Fsp3) is 0.618. The zero-order valence-electron chi connectivity index (χ0n) is 26.1. The first-order valence-corrected chi connectivity index (χ1v) is 15.5. The number of aliphatic hydroxyl groups is 2. The summed E-state index contributed by atoms with van der Waals surface area (Å²) in [5.74, 6) is 2.86. The van der Waals surface area contributed by atoms with Crippen LogP contribution in [0.4, 0.5) is 4.39 Å². The van der Waals surface area contributed by atoms with Crippen LogP contribution in [-0.2, 0) is 20.8 Å². The van der Waals surface area contributed by atoms with Crippen LogP contribution in [0.2, 0.25) is 0 Å². The maximum absolute atomic E-state index is 13.6. The van der Waals surface area contributed by atoms with Crippen LogP contribution in [0.5, 0.6) is 0 Å². The standard InChI is InChI=1S/C34H49FN4O5/c1-5-13-28(34(44)37-29(32(42)30(40)14-6-2)22-26-17-11-8-12-18-26)36-33(43)27(21-25-15-9-7-10-16-25)23-31(41)39(4)20-19-38(3)24-35/h1-2,7,9-10,15-16,26-30,32,40,42H,8,11-14,17-24H2,3-4H3,(H,36,43)(H,37,44)/t27?,28-,29?,30?,32?/m0/s1. The second kappa shape index (κ2) is 19.8. The highest BCUT2D eigenvalue weighted by molar-refractivity contribution is 5.91. The van der Waals surface area contributed by atoms with E-state index in [9.17, 15) is 29.0 Å². The molecule has 0 spiro atoms. The lowest BCUT2D eigenvalue weighted by Crippen LogP contribution is -2.55. The minimum atomic E-state index is -1.30. The van der Waals surface area contributed by atoms with Crippen molar-refractivity contribution in [3.8, 4) is 24.7 Å². The van der Waals surface area contributed by atoms with Gasteiger partial charge in [0.25, 0.3) is 0 Å². The van der Waals surface area contributed by atoms with Crippen molar-refractivity contribution in [1.82, 2.24) is 20.4 Å². The van der Waals surface area contributed by atoms with E-state index in [1.54, 1.807) is 14.1 Å². The predicted molar refractivity (Wildman–Crippen MR) is 168 cm³/mol. The average Bonchev–Trinajstić information content (AvgIpc) is 3.03. The Morgan fingerprint density at radius 2 is 1.64 bits per heavy atom. The molecule has 2 rings (SSSR count). The molecule has 0 aromatic heterocycles. The summed E-state index contributed by atoms with van der Waals surface area (Å²) in [5, 5.41) is 26.9. The van der Waals surface area contributed by atoms with E-state index in [1.165, 1.54) is 9.80 Å². The minimum Gasteiger partial charge on any atom is -0.389 e. The molecule has 4 unspecified atom stereocenters. The number of halogens is 1. The van der Waals surface area contributed by atoms with E-state index in [1.807, 2.05) is 30.3 Å². The van der Waals surface area contributed by atoms with Gasteiger partial charge in [-0.25, -0.2) is 4.39 Å².